The van der Waals surface area contributed by atoms with Gasteiger partial charge >= 0.3 is 0 Å². The van der Waals surface area contributed by atoms with Crippen molar-refractivity contribution in [3.8, 4) is 0 Å². The number of halogens is 1. The lowest BCUT2D eigenvalue weighted by molar-refractivity contribution is -0.124. The second-order valence-electron chi connectivity index (χ2n) is 7.26. The van der Waals surface area contributed by atoms with Crippen LogP contribution in [-0.4, -0.2) is 53.2 Å². The van der Waals surface area contributed by atoms with E-state index in [1.54, 1.807) is 17.0 Å². The molecule has 0 aromatic heterocycles. The topological polar surface area (TPSA) is 86.8 Å². The van der Waals surface area contributed by atoms with Crippen LogP contribution in [0.5, 0.6) is 0 Å². The molecule has 1 N–H and O–H groups in total. The number of thioether (sulfide) groups is 2. The second kappa shape index (κ2) is 10.2. The van der Waals surface area contributed by atoms with Crippen LogP contribution in [0.4, 0.5) is 14.9 Å². The minimum Gasteiger partial charge on any atom is -0.354 e. The SMILES string of the molecule is O=C(CCN1C(=O)CSc2ccccc21)NCCN1C(=O)S/C(=C\c2ccccc2F)C1=O. The molecule has 0 spiro atoms. The minimum absolute atomic E-state index is 0.00708. The molecule has 170 valence electrons. The van der Waals surface area contributed by atoms with Crippen LogP contribution in [0.3, 0.4) is 0 Å². The first kappa shape index (κ1) is 23.1. The first-order valence-corrected chi connectivity index (χ1v) is 12.0. The molecular formula is C23H20FN3O4S2. The van der Waals surface area contributed by atoms with Crippen LogP contribution in [-0.2, 0) is 14.4 Å². The Morgan fingerprint density at radius 3 is 2.61 bits per heavy atom. The molecule has 0 aliphatic carbocycles. The van der Waals surface area contributed by atoms with Crippen molar-refractivity contribution < 1.29 is 23.6 Å². The zero-order valence-electron chi connectivity index (χ0n) is 17.5. The number of benzene rings is 2. The van der Waals surface area contributed by atoms with E-state index in [2.05, 4.69) is 5.32 Å². The molecule has 2 aromatic rings. The van der Waals surface area contributed by atoms with Gasteiger partial charge in [-0.2, -0.15) is 0 Å². The predicted octanol–water partition coefficient (Wildman–Crippen LogP) is 3.51. The van der Waals surface area contributed by atoms with Gasteiger partial charge in [-0.1, -0.05) is 30.3 Å². The summed E-state index contributed by atoms with van der Waals surface area (Å²) in [6.45, 7) is 0.340. The monoisotopic (exact) mass is 485 g/mol. The van der Waals surface area contributed by atoms with Crippen molar-refractivity contribution in [3.05, 3.63) is 64.8 Å². The van der Waals surface area contributed by atoms with E-state index < -0.39 is 17.0 Å². The van der Waals surface area contributed by atoms with Gasteiger partial charge in [-0.05, 0) is 36.0 Å². The predicted molar refractivity (Wildman–Crippen MR) is 126 cm³/mol. The van der Waals surface area contributed by atoms with E-state index in [0.29, 0.717) is 5.75 Å². The smallest absolute Gasteiger partial charge is 0.293 e. The average Bonchev–Trinajstić information content (AvgIpc) is 3.07. The number of fused-ring (bicyclic) bond motifs is 1. The summed E-state index contributed by atoms with van der Waals surface area (Å²) >= 11 is 2.22. The maximum Gasteiger partial charge on any atom is 0.293 e. The Kier molecular flexibility index (Phi) is 7.14. The number of nitrogens with one attached hydrogen (secondary N) is 1. The number of hydrogen-bond donors (Lipinski definition) is 1. The van der Waals surface area contributed by atoms with Crippen LogP contribution >= 0.6 is 23.5 Å². The average molecular weight is 486 g/mol. The Hall–Kier alpha value is -3.11. The summed E-state index contributed by atoms with van der Waals surface area (Å²) in [4.78, 5) is 53.1. The first-order valence-electron chi connectivity index (χ1n) is 10.2. The van der Waals surface area contributed by atoms with E-state index in [-0.39, 0.29) is 48.3 Å². The lowest BCUT2D eigenvalue weighted by Crippen LogP contribution is -2.40. The number of rotatable bonds is 7. The minimum atomic E-state index is -0.518. The van der Waals surface area contributed by atoms with Crippen LogP contribution in [0.25, 0.3) is 6.08 Å². The number of nitrogens with zero attached hydrogens (tertiary/aromatic N) is 2. The summed E-state index contributed by atoms with van der Waals surface area (Å²) in [5.74, 6) is -1.00. The molecule has 2 heterocycles. The number of amides is 4. The molecular weight excluding hydrogens is 465 g/mol. The first-order chi connectivity index (χ1) is 15.9. The van der Waals surface area contributed by atoms with Crippen LogP contribution in [0.1, 0.15) is 12.0 Å². The molecule has 2 aliphatic heterocycles. The fraction of sp³-hybridized carbons (Fsp3) is 0.217. The lowest BCUT2D eigenvalue weighted by Gasteiger charge is -2.28. The number of hydrogen-bond acceptors (Lipinski definition) is 6. The van der Waals surface area contributed by atoms with Crippen LogP contribution in [0, 0.1) is 5.82 Å². The molecule has 0 bridgehead atoms. The number of carbonyl (C=O) groups excluding carboxylic acids is 4. The van der Waals surface area contributed by atoms with E-state index in [9.17, 15) is 23.6 Å². The fourth-order valence-electron chi connectivity index (χ4n) is 3.43. The number of anilines is 1. The summed E-state index contributed by atoms with van der Waals surface area (Å²) in [7, 11) is 0. The van der Waals surface area contributed by atoms with Gasteiger partial charge in [0.25, 0.3) is 11.1 Å². The zero-order valence-corrected chi connectivity index (χ0v) is 19.1. The van der Waals surface area contributed by atoms with E-state index in [1.165, 1.54) is 30.0 Å². The maximum absolute atomic E-state index is 13.8. The normalized spacial score (nSPS) is 17.0. The maximum atomic E-state index is 13.8. The number of imide groups is 1. The molecule has 4 rings (SSSR count). The third-order valence-corrected chi connectivity index (χ3v) is 7.05. The second-order valence-corrected chi connectivity index (χ2v) is 9.27. The van der Waals surface area contributed by atoms with Gasteiger partial charge in [-0.15, -0.1) is 11.8 Å². The molecule has 7 nitrogen and oxygen atoms in total. The summed E-state index contributed by atoms with van der Waals surface area (Å²) < 4.78 is 13.8. The number of para-hydroxylation sites is 1. The van der Waals surface area contributed by atoms with Gasteiger partial charge in [0.2, 0.25) is 11.8 Å². The van der Waals surface area contributed by atoms with Crippen LogP contribution < -0.4 is 10.2 Å². The van der Waals surface area contributed by atoms with Gasteiger partial charge in [0, 0.05) is 36.5 Å². The highest BCUT2D eigenvalue weighted by atomic mass is 32.2. The molecule has 0 unspecified atom stereocenters. The van der Waals surface area contributed by atoms with Crippen molar-refractivity contribution in [1.29, 1.82) is 0 Å². The Morgan fingerprint density at radius 1 is 1.03 bits per heavy atom. The Labute approximate surface area is 198 Å². The Bertz CT molecular complexity index is 1150. The summed E-state index contributed by atoms with van der Waals surface area (Å²) in [6.07, 6.45) is 1.45. The molecule has 0 radical (unpaired) electrons. The molecule has 1 fully saturated rings. The lowest BCUT2D eigenvalue weighted by atomic mass is 10.2. The third kappa shape index (κ3) is 5.28. The quantitative estimate of drug-likeness (QED) is 0.604. The zero-order chi connectivity index (χ0) is 23.4. The Balaban J connectivity index is 1.28. The molecule has 0 saturated carbocycles. The Morgan fingerprint density at radius 2 is 1.79 bits per heavy atom. The van der Waals surface area contributed by atoms with E-state index in [1.807, 2.05) is 24.3 Å². The largest absolute Gasteiger partial charge is 0.354 e. The van der Waals surface area contributed by atoms with Crippen LogP contribution in [0.15, 0.2) is 58.3 Å². The van der Waals surface area contributed by atoms with E-state index in [4.69, 9.17) is 0 Å². The van der Waals surface area contributed by atoms with Crippen molar-refractivity contribution in [1.82, 2.24) is 10.2 Å². The molecule has 1 saturated heterocycles. The van der Waals surface area contributed by atoms with Crippen LogP contribution in [0.2, 0.25) is 0 Å². The van der Waals surface area contributed by atoms with E-state index in [0.717, 1.165) is 27.2 Å². The van der Waals surface area contributed by atoms with Gasteiger partial charge in [-0.3, -0.25) is 24.1 Å². The highest BCUT2D eigenvalue weighted by Gasteiger charge is 2.35. The van der Waals surface area contributed by atoms with Gasteiger partial charge in [-0.25, -0.2) is 4.39 Å². The fourth-order valence-corrected chi connectivity index (χ4v) is 5.23. The van der Waals surface area contributed by atoms with Crippen molar-refractivity contribution >= 4 is 58.2 Å². The molecule has 33 heavy (non-hydrogen) atoms. The summed E-state index contributed by atoms with van der Waals surface area (Å²) in [5, 5.41) is 2.22. The highest BCUT2D eigenvalue weighted by molar-refractivity contribution is 8.18. The van der Waals surface area contributed by atoms with Crippen molar-refractivity contribution in [2.24, 2.45) is 0 Å². The summed E-state index contributed by atoms with van der Waals surface area (Å²) in [6, 6.07) is 13.5. The van der Waals surface area contributed by atoms with Gasteiger partial charge in [0.05, 0.1) is 16.3 Å². The highest BCUT2D eigenvalue weighted by Crippen LogP contribution is 2.35. The standard InChI is InChI=1S/C23H20FN3O4S2/c24-16-6-2-1-5-15(16)13-19-22(30)27(23(31)33-19)12-10-25-20(28)9-11-26-17-7-3-4-8-18(17)32-14-21(26)29/h1-8,13H,9-12,14H2,(H,25,28)/b19-13-. The number of carbonyl (C=O) groups is 4. The molecule has 0 atom stereocenters. The molecule has 4 amide bonds. The molecule has 2 aliphatic rings. The van der Waals surface area contributed by atoms with Crippen molar-refractivity contribution in [3.63, 3.8) is 0 Å². The third-order valence-electron chi connectivity index (χ3n) is 5.09. The summed E-state index contributed by atoms with van der Waals surface area (Å²) in [5.41, 5.74) is 1.02. The van der Waals surface area contributed by atoms with E-state index >= 15 is 0 Å². The molecule has 2 aromatic carbocycles. The van der Waals surface area contributed by atoms with Gasteiger partial charge in [0.15, 0.2) is 0 Å². The molecule has 10 heteroatoms. The van der Waals surface area contributed by atoms with Gasteiger partial charge in [0.1, 0.15) is 5.82 Å². The van der Waals surface area contributed by atoms with Gasteiger partial charge < -0.3 is 10.2 Å². The van der Waals surface area contributed by atoms with Crippen molar-refractivity contribution in [2.45, 2.75) is 11.3 Å². The van der Waals surface area contributed by atoms with Crippen molar-refractivity contribution in [2.75, 3.05) is 30.3 Å².